The topological polar surface area (TPSA) is 66.8 Å². The molecule has 0 amide bonds. The molecule has 2 atom stereocenters. The lowest BCUT2D eigenvalue weighted by Crippen LogP contribution is -2.39. The van der Waals surface area contributed by atoms with Gasteiger partial charge >= 0.3 is 0 Å². The highest BCUT2D eigenvalue weighted by atomic mass is 32.2. The van der Waals surface area contributed by atoms with Crippen LogP contribution >= 0.6 is 11.8 Å². The van der Waals surface area contributed by atoms with Gasteiger partial charge in [0.05, 0.1) is 29.3 Å². The van der Waals surface area contributed by atoms with Crippen molar-refractivity contribution in [1.29, 1.82) is 0 Å². The van der Waals surface area contributed by atoms with Gasteiger partial charge in [-0.3, -0.25) is 9.79 Å². The minimum Gasteiger partial charge on any atom is -0.315 e. The van der Waals surface area contributed by atoms with Crippen LogP contribution in [0.15, 0.2) is 35.3 Å². The average Bonchev–Trinajstić information content (AvgIpc) is 2.88. The lowest BCUT2D eigenvalue weighted by molar-refractivity contribution is -0.114. The highest BCUT2D eigenvalue weighted by Crippen LogP contribution is 2.34. The summed E-state index contributed by atoms with van der Waals surface area (Å²) in [6.07, 6.45) is 0. The van der Waals surface area contributed by atoms with Crippen molar-refractivity contribution in [3.63, 3.8) is 0 Å². The summed E-state index contributed by atoms with van der Waals surface area (Å²) in [5.41, 5.74) is 0.928. The third kappa shape index (κ3) is 2.98. The van der Waals surface area contributed by atoms with E-state index >= 15 is 0 Å². The van der Waals surface area contributed by atoms with Crippen molar-refractivity contribution in [3.05, 3.63) is 30.3 Å². The van der Waals surface area contributed by atoms with Gasteiger partial charge < -0.3 is 4.90 Å². The Labute approximate surface area is 128 Å². The number of rotatable bonds is 3. The van der Waals surface area contributed by atoms with Gasteiger partial charge in [-0.1, -0.05) is 30.0 Å². The maximum Gasteiger partial charge on any atom is 0.164 e. The number of fused-ring (bicyclic) bond motifs is 1. The van der Waals surface area contributed by atoms with E-state index in [9.17, 15) is 13.2 Å². The van der Waals surface area contributed by atoms with E-state index in [1.54, 1.807) is 6.92 Å². The van der Waals surface area contributed by atoms with Crippen molar-refractivity contribution in [2.75, 3.05) is 22.2 Å². The molecule has 0 bridgehead atoms. The van der Waals surface area contributed by atoms with E-state index in [0.717, 1.165) is 10.9 Å². The molecule has 1 saturated heterocycles. The third-order valence-electron chi connectivity index (χ3n) is 3.55. The number of para-hydroxylation sites is 1. The fraction of sp³-hybridized carbons (Fsp3) is 0.429. The summed E-state index contributed by atoms with van der Waals surface area (Å²) in [6, 6.07) is 9.27. The number of hydrogen-bond donors (Lipinski definition) is 0. The molecule has 1 fully saturated rings. The SMILES string of the molecule is CC(=O)CSC1=N[C@@H]2CS(=O)(=O)C[C@H]2N1c1ccccc1. The second-order valence-electron chi connectivity index (χ2n) is 5.32. The maximum atomic E-state index is 11.8. The number of amidine groups is 1. The largest absolute Gasteiger partial charge is 0.315 e. The van der Waals surface area contributed by atoms with Crippen LogP contribution in [0.25, 0.3) is 0 Å². The molecule has 7 heteroatoms. The fourth-order valence-corrected chi connectivity index (χ4v) is 5.46. The van der Waals surface area contributed by atoms with Gasteiger partial charge in [0, 0.05) is 5.69 Å². The smallest absolute Gasteiger partial charge is 0.164 e. The second kappa shape index (κ2) is 5.46. The van der Waals surface area contributed by atoms with Crippen LogP contribution in [0, 0.1) is 0 Å². The Bertz CT molecular complexity index is 685. The van der Waals surface area contributed by atoms with Gasteiger partial charge in [-0.2, -0.15) is 0 Å². The van der Waals surface area contributed by atoms with Gasteiger partial charge in [0.2, 0.25) is 0 Å². The molecule has 0 saturated carbocycles. The molecule has 0 N–H and O–H groups in total. The number of aliphatic imine (C=N–C) groups is 1. The van der Waals surface area contributed by atoms with Gasteiger partial charge in [0.15, 0.2) is 15.0 Å². The van der Waals surface area contributed by atoms with Gasteiger partial charge in [0.1, 0.15) is 5.78 Å². The summed E-state index contributed by atoms with van der Waals surface area (Å²) in [5, 5.41) is 0.751. The molecule has 5 nitrogen and oxygen atoms in total. The summed E-state index contributed by atoms with van der Waals surface area (Å²) in [7, 11) is -3.03. The van der Waals surface area contributed by atoms with Crippen LogP contribution in [0.5, 0.6) is 0 Å². The average molecular weight is 324 g/mol. The number of nitrogens with zero attached hydrogens (tertiary/aromatic N) is 2. The standard InChI is InChI=1S/C14H16N2O3S2/c1-10(17)7-20-14-15-12-8-21(18,19)9-13(12)16(14)11-5-3-2-4-6-11/h2-6,12-13H,7-9H2,1H3/t12-,13-/m1/s1. The highest BCUT2D eigenvalue weighted by molar-refractivity contribution is 8.14. The Balaban J connectivity index is 1.92. The molecule has 0 aliphatic carbocycles. The van der Waals surface area contributed by atoms with E-state index in [0.29, 0.717) is 5.75 Å². The second-order valence-corrected chi connectivity index (χ2v) is 8.42. The lowest BCUT2D eigenvalue weighted by atomic mass is 10.1. The molecule has 1 aromatic rings. The van der Waals surface area contributed by atoms with Crippen LogP contribution in [0.2, 0.25) is 0 Å². The number of thioether (sulfide) groups is 1. The Morgan fingerprint density at radius 1 is 1.33 bits per heavy atom. The quantitative estimate of drug-likeness (QED) is 0.839. The first kappa shape index (κ1) is 14.6. The highest BCUT2D eigenvalue weighted by Gasteiger charge is 2.47. The molecule has 112 valence electrons. The van der Waals surface area contributed by atoms with Crippen LogP contribution in [0.4, 0.5) is 5.69 Å². The zero-order valence-corrected chi connectivity index (χ0v) is 13.2. The fourth-order valence-electron chi connectivity index (χ4n) is 2.69. The van der Waals surface area contributed by atoms with E-state index in [4.69, 9.17) is 0 Å². The molecule has 3 rings (SSSR count). The van der Waals surface area contributed by atoms with Crippen molar-refractivity contribution < 1.29 is 13.2 Å². The predicted molar refractivity (Wildman–Crippen MR) is 85.7 cm³/mol. The van der Waals surface area contributed by atoms with E-state index in [2.05, 4.69) is 4.99 Å². The maximum absolute atomic E-state index is 11.8. The molecule has 0 spiro atoms. The Hall–Kier alpha value is -1.34. The van der Waals surface area contributed by atoms with Crippen LogP contribution < -0.4 is 4.90 Å². The molecular weight excluding hydrogens is 308 g/mol. The Morgan fingerprint density at radius 2 is 2.05 bits per heavy atom. The Morgan fingerprint density at radius 3 is 2.71 bits per heavy atom. The monoisotopic (exact) mass is 324 g/mol. The number of Topliss-reactive ketones (excluding diaryl/α,β-unsaturated/α-hetero) is 1. The molecule has 0 aromatic heterocycles. The molecule has 1 aromatic carbocycles. The number of hydrogen-bond acceptors (Lipinski definition) is 6. The summed E-state index contributed by atoms with van der Waals surface area (Å²) >= 11 is 1.38. The van der Waals surface area contributed by atoms with Crippen LogP contribution in [-0.2, 0) is 14.6 Å². The first-order valence-corrected chi connectivity index (χ1v) is 9.52. The number of ketones is 1. The lowest BCUT2D eigenvalue weighted by Gasteiger charge is -2.26. The van der Waals surface area contributed by atoms with Crippen molar-refractivity contribution in [2.24, 2.45) is 4.99 Å². The van der Waals surface area contributed by atoms with Gasteiger partial charge in [-0.25, -0.2) is 8.42 Å². The minimum atomic E-state index is -3.03. The third-order valence-corrected chi connectivity index (χ3v) is 6.36. The molecule has 2 heterocycles. The summed E-state index contributed by atoms with van der Waals surface area (Å²) < 4.78 is 23.7. The molecule has 21 heavy (non-hydrogen) atoms. The van der Waals surface area contributed by atoms with E-state index in [1.165, 1.54) is 11.8 Å². The number of carbonyl (C=O) groups excluding carboxylic acids is 1. The zero-order valence-electron chi connectivity index (χ0n) is 11.6. The number of benzene rings is 1. The molecule has 0 unspecified atom stereocenters. The van der Waals surface area contributed by atoms with Crippen molar-refractivity contribution >= 4 is 38.2 Å². The van der Waals surface area contributed by atoms with Gasteiger partial charge in [0.25, 0.3) is 0 Å². The molecule has 2 aliphatic heterocycles. The van der Waals surface area contributed by atoms with E-state index < -0.39 is 9.84 Å². The summed E-state index contributed by atoms with van der Waals surface area (Å²) in [6.45, 7) is 1.54. The van der Waals surface area contributed by atoms with Crippen molar-refractivity contribution in [3.8, 4) is 0 Å². The molecule has 0 radical (unpaired) electrons. The number of sulfone groups is 1. The number of anilines is 1. The Kier molecular flexibility index (Phi) is 3.79. The summed E-state index contributed by atoms with van der Waals surface area (Å²) in [4.78, 5) is 17.7. The minimum absolute atomic E-state index is 0.0837. The van der Waals surface area contributed by atoms with E-state index in [1.807, 2.05) is 35.2 Å². The first-order chi connectivity index (χ1) is 9.96. The predicted octanol–water partition coefficient (Wildman–Crippen LogP) is 1.35. The normalized spacial score (nSPS) is 26.5. The number of carbonyl (C=O) groups is 1. The summed E-state index contributed by atoms with van der Waals surface area (Å²) in [5.74, 6) is 0.667. The molecular formula is C14H16N2O3S2. The molecule has 2 aliphatic rings. The van der Waals surface area contributed by atoms with Gasteiger partial charge in [-0.15, -0.1) is 0 Å². The first-order valence-electron chi connectivity index (χ1n) is 6.71. The van der Waals surface area contributed by atoms with Crippen LogP contribution in [0.3, 0.4) is 0 Å². The van der Waals surface area contributed by atoms with E-state index in [-0.39, 0.29) is 29.4 Å². The van der Waals surface area contributed by atoms with Crippen LogP contribution in [-0.4, -0.2) is 48.7 Å². The van der Waals surface area contributed by atoms with Gasteiger partial charge in [-0.05, 0) is 19.1 Å². The zero-order chi connectivity index (χ0) is 15.0. The van der Waals surface area contributed by atoms with Crippen molar-refractivity contribution in [1.82, 2.24) is 0 Å². The van der Waals surface area contributed by atoms with Crippen LogP contribution in [0.1, 0.15) is 6.92 Å². The van der Waals surface area contributed by atoms with Crippen molar-refractivity contribution in [2.45, 2.75) is 19.0 Å².